The topological polar surface area (TPSA) is 110 Å². The highest BCUT2D eigenvalue weighted by Gasteiger charge is 2.45. The number of aromatic nitrogens is 1. The lowest BCUT2D eigenvalue weighted by Crippen LogP contribution is -2.34. The second-order valence-corrected chi connectivity index (χ2v) is 4.96. The predicted molar refractivity (Wildman–Crippen MR) is 64.4 cm³/mol. The smallest absolute Gasteiger partial charge is 0.413 e. The van der Waals surface area contributed by atoms with Gasteiger partial charge in [0, 0.05) is 19.7 Å². The molecule has 108 valence electrons. The summed E-state index contributed by atoms with van der Waals surface area (Å²) in [5, 5.41) is 23.1. The molecular formula is C11H14N4O5. The van der Waals surface area contributed by atoms with E-state index in [1.165, 1.54) is 18.0 Å². The van der Waals surface area contributed by atoms with E-state index in [-0.39, 0.29) is 18.0 Å². The minimum Gasteiger partial charge on any atom is -0.465 e. The number of urea groups is 1. The van der Waals surface area contributed by atoms with Crippen molar-refractivity contribution in [2.24, 2.45) is 0 Å². The van der Waals surface area contributed by atoms with Crippen LogP contribution in [-0.4, -0.2) is 57.2 Å². The zero-order chi connectivity index (χ0) is 14.4. The third-order valence-corrected chi connectivity index (χ3v) is 3.82. The molecule has 3 heterocycles. The Labute approximate surface area is 113 Å². The van der Waals surface area contributed by atoms with Crippen molar-refractivity contribution in [1.82, 2.24) is 15.1 Å². The summed E-state index contributed by atoms with van der Waals surface area (Å²) in [6, 6.07) is 0.586. The van der Waals surface area contributed by atoms with E-state index in [1.54, 1.807) is 0 Å². The molecule has 0 spiro atoms. The number of rotatable bonds is 2. The Morgan fingerprint density at radius 1 is 1.55 bits per heavy atom. The molecular weight excluding hydrogens is 268 g/mol. The van der Waals surface area contributed by atoms with Crippen LogP contribution in [0.5, 0.6) is 0 Å². The molecule has 2 N–H and O–H groups in total. The van der Waals surface area contributed by atoms with Crippen LogP contribution < -0.4 is 4.90 Å². The highest BCUT2D eigenvalue weighted by molar-refractivity contribution is 5.83. The number of carbonyl (C=O) groups is 2. The summed E-state index contributed by atoms with van der Waals surface area (Å²) < 4.78 is 4.99. The minimum atomic E-state index is -1.16. The molecule has 2 bridgehead atoms. The molecule has 2 atom stereocenters. The van der Waals surface area contributed by atoms with Gasteiger partial charge in [0.05, 0.1) is 12.1 Å². The average molecular weight is 282 g/mol. The Bertz CT molecular complexity index is 559. The minimum absolute atomic E-state index is 0.0992. The third-order valence-electron chi connectivity index (χ3n) is 3.82. The monoisotopic (exact) mass is 282 g/mol. The van der Waals surface area contributed by atoms with Crippen molar-refractivity contribution in [3.8, 4) is 0 Å². The highest BCUT2D eigenvalue weighted by Crippen LogP contribution is 2.37. The van der Waals surface area contributed by atoms with E-state index in [9.17, 15) is 14.8 Å². The zero-order valence-electron chi connectivity index (χ0n) is 10.8. The number of piperidine rings is 1. The predicted octanol–water partition coefficient (Wildman–Crippen LogP) is 1.12. The van der Waals surface area contributed by atoms with E-state index >= 15 is 0 Å². The number of hydroxylamine groups is 2. The number of carbonyl (C=O) groups excluding carboxylic acids is 1. The summed E-state index contributed by atoms with van der Waals surface area (Å²) in [7, 11) is 1.35. The van der Waals surface area contributed by atoms with Crippen LogP contribution in [0.1, 0.15) is 24.6 Å². The van der Waals surface area contributed by atoms with Gasteiger partial charge in [0.1, 0.15) is 5.69 Å². The van der Waals surface area contributed by atoms with Crippen molar-refractivity contribution < 1.29 is 24.4 Å². The zero-order valence-corrected chi connectivity index (χ0v) is 10.8. The van der Waals surface area contributed by atoms with Gasteiger partial charge in [0.2, 0.25) is 5.88 Å². The van der Waals surface area contributed by atoms with Crippen molar-refractivity contribution in [1.29, 1.82) is 0 Å². The van der Waals surface area contributed by atoms with Gasteiger partial charge < -0.3 is 14.5 Å². The van der Waals surface area contributed by atoms with Crippen LogP contribution in [0.2, 0.25) is 0 Å². The molecule has 9 nitrogen and oxygen atoms in total. The molecule has 2 aliphatic rings. The van der Waals surface area contributed by atoms with Crippen molar-refractivity contribution in [2.75, 3.05) is 18.5 Å². The van der Waals surface area contributed by atoms with E-state index < -0.39 is 12.1 Å². The number of hydrogen-bond donors (Lipinski definition) is 2. The molecule has 20 heavy (non-hydrogen) atoms. The van der Waals surface area contributed by atoms with Crippen LogP contribution in [0.25, 0.3) is 0 Å². The van der Waals surface area contributed by atoms with Crippen LogP contribution in [-0.2, 0) is 0 Å². The largest absolute Gasteiger partial charge is 0.465 e. The summed E-state index contributed by atoms with van der Waals surface area (Å²) in [6.07, 6.45) is 0.159. The number of hydrogen-bond acceptors (Lipinski definition) is 5. The van der Waals surface area contributed by atoms with Gasteiger partial charge in [-0.3, -0.25) is 5.21 Å². The van der Waals surface area contributed by atoms with Crippen molar-refractivity contribution in [2.45, 2.75) is 24.9 Å². The molecule has 2 aliphatic heterocycles. The fourth-order valence-electron chi connectivity index (χ4n) is 2.65. The Balaban J connectivity index is 1.83. The summed E-state index contributed by atoms with van der Waals surface area (Å²) in [4.78, 5) is 25.1. The molecule has 3 rings (SSSR count). The van der Waals surface area contributed by atoms with Gasteiger partial charge in [-0.2, -0.15) is 0 Å². The molecule has 0 unspecified atom stereocenters. The number of anilines is 1. The first-order chi connectivity index (χ1) is 9.49. The fraction of sp³-hybridized carbons (Fsp3) is 0.545. The van der Waals surface area contributed by atoms with Gasteiger partial charge in [0.25, 0.3) is 0 Å². The Kier molecular flexibility index (Phi) is 2.78. The quantitative estimate of drug-likeness (QED) is 0.786. The average Bonchev–Trinajstić information content (AvgIpc) is 3.00. The lowest BCUT2D eigenvalue weighted by atomic mass is 9.98. The molecule has 9 heteroatoms. The van der Waals surface area contributed by atoms with Crippen molar-refractivity contribution >= 4 is 18.0 Å². The van der Waals surface area contributed by atoms with Crippen molar-refractivity contribution in [3.05, 3.63) is 11.8 Å². The lowest BCUT2D eigenvalue weighted by Gasteiger charge is -2.28. The van der Waals surface area contributed by atoms with Gasteiger partial charge in [-0.1, -0.05) is 5.16 Å². The molecule has 2 saturated heterocycles. The van der Waals surface area contributed by atoms with Gasteiger partial charge in [-0.05, 0) is 12.8 Å². The highest BCUT2D eigenvalue weighted by atomic mass is 16.5. The second kappa shape index (κ2) is 4.37. The number of carboxylic acid groups (broad SMARTS) is 1. The first kappa shape index (κ1) is 12.7. The van der Waals surface area contributed by atoms with Gasteiger partial charge in [0.15, 0.2) is 0 Å². The Morgan fingerprint density at radius 3 is 3.00 bits per heavy atom. The van der Waals surface area contributed by atoms with Gasteiger partial charge >= 0.3 is 12.1 Å². The molecule has 0 aliphatic carbocycles. The van der Waals surface area contributed by atoms with Crippen LogP contribution in [0.3, 0.4) is 0 Å². The first-order valence-corrected chi connectivity index (χ1v) is 6.21. The van der Waals surface area contributed by atoms with Crippen LogP contribution in [0, 0.1) is 0 Å². The van der Waals surface area contributed by atoms with Crippen LogP contribution in [0.15, 0.2) is 10.6 Å². The van der Waals surface area contributed by atoms with Gasteiger partial charge in [-0.25, -0.2) is 19.6 Å². The molecule has 0 saturated carbocycles. The Morgan fingerprint density at radius 2 is 2.30 bits per heavy atom. The van der Waals surface area contributed by atoms with E-state index in [4.69, 9.17) is 9.63 Å². The standard InChI is InChI=1S/C11H14N4O5/c1-13(11(17)18)9-4-7(12-20-9)8-3-2-6-5-14(8)10(16)15(6)19/h4,6,8,19H,2-3,5H2,1H3,(H,17,18)/t6-,8+/m1/s1. The molecule has 1 aromatic rings. The fourth-order valence-corrected chi connectivity index (χ4v) is 2.65. The van der Waals surface area contributed by atoms with Crippen LogP contribution in [0.4, 0.5) is 15.5 Å². The molecule has 2 fully saturated rings. The molecule has 0 radical (unpaired) electrons. The number of nitrogens with zero attached hydrogens (tertiary/aromatic N) is 4. The Hall–Kier alpha value is -2.29. The SMILES string of the molecule is CN(C(=O)O)c1cc([C@@H]2CC[C@@H]3CN2C(=O)N3O)no1. The maximum Gasteiger partial charge on any atom is 0.413 e. The van der Waals surface area contributed by atoms with E-state index in [0.717, 1.165) is 9.96 Å². The summed E-state index contributed by atoms with van der Waals surface area (Å²) >= 11 is 0. The number of amides is 3. The maximum atomic E-state index is 11.9. The molecule has 0 aromatic carbocycles. The van der Waals surface area contributed by atoms with Crippen molar-refractivity contribution in [3.63, 3.8) is 0 Å². The first-order valence-electron chi connectivity index (χ1n) is 6.21. The summed E-state index contributed by atoms with van der Waals surface area (Å²) in [5.74, 6) is 0.0992. The lowest BCUT2D eigenvalue weighted by molar-refractivity contribution is -0.0584. The summed E-state index contributed by atoms with van der Waals surface area (Å²) in [5.41, 5.74) is 0.496. The molecule has 3 amide bonds. The number of fused-ring (bicyclic) bond motifs is 2. The van der Waals surface area contributed by atoms with E-state index in [0.29, 0.717) is 25.1 Å². The third kappa shape index (κ3) is 1.78. The van der Waals surface area contributed by atoms with E-state index in [1.807, 2.05) is 0 Å². The van der Waals surface area contributed by atoms with E-state index in [2.05, 4.69) is 5.16 Å². The van der Waals surface area contributed by atoms with Crippen LogP contribution >= 0.6 is 0 Å². The summed E-state index contributed by atoms with van der Waals surface area (Å²) in [6.45, 7) is 0.441. The second-order valence-electron chi connectivity index (χ2n) is 4.96. The maximum absolute atomic E-state index is 11.9. The normalized spacial score (nSPS) is 25.2. The molecule has 1 aromatic heterocycles. The van der Waals surface area contributed by atoms with Gasteiger partial charge in [-0.15, -0.1) is 0 Å².